The van der Waals surface area contributed by atoms with Crippen molar-refractivity contribution in [1.82, 2.24) is 4.98 Å². The number of fused-ring (bicyclic) bond motifs is 1. The second-order valence-electron chi connectivity index (χ2n) is 3.82. The maximum Gasteiger partial charge on any atom is 0.0963 e. The van der Waals surface area contributed by atoms with E-state index in [9.17, 15) is 0 Å². The number of hydrogen-bond acceptors (Lipinski definition) is 4. The van der Waals surface area contributed by atoms with Gasteiger partial charge in [0.25, 0.3) is 0 Å². The molecule has 0 aliphatic rings. The highest BCUT2D eigenvalue weighted by Crippen LogP contribution is 2.27. The van der Waals surface area contributed by atoms with E-state index in [0.29, 0.717) is 12.5 Å². The number of aromatic nitrogens is 1. The van der Waals surface area contributed by atoms with E-state index in [-0.39, 0.29) is 0 Å². The van der Waals surface area contributed by atoms with Crippen molar-refractivity contribution in [2.24, 2.45) is 5.90 Å². The van der Waals surface area contributed by atoms with Gasteiger partial charge in [0.15, 0.2) is 0 Å². The fourth-order valence-electron chi connectivity index (χ4n) is 1.42. The molecule has 15 heavy (non-hydrogen) atoms. The molecule has 0 aliphatic heterocycles. The lowest BCUT2D eigenvalue weighted by Gasteiger charge is -1.97. The maximum atomic E-state index is 5.04. The molecule has 2 aromatic rings. The van der Waals surface area contributed by atoms with Gasteiger partial charge in [0, 0.05) is 5.92 Å². The molecule has 3 nitrogen and oxygen atoms in total. The molecule has 0 fully saturated rings. The van der Waals surface area contributed by atoms with Crippen molar-refractivity contribution in [3.8, 4) is 0 Å². The molecule has 0 amide bonds. The summed E-state index contributed by atoms with van der Waals surface area (Å²) in [7, 11) is 0. The van der Waals surface area contributed by atoms with Gasteiger partial charge < -0.3 is 0 Å². The van der Waals surface area contributed by atoms with Gasteiger partial charge >= 0.3 is 0 Å². The Balaban J connectivity index is 2.43. The number of nitrogens with two attached hydrogens (primary N) is 1. The van der Waals surface area contributed by atoms with Crippen LogP contribution in [0.1, 0.15) is 30.3 Å². The lowest BCUT2D eigenvalue weighted by molar-refractivity contribution is 0.124. The highest BCUT2D eigenvalue weighted by atomic mass is 32.1. The van der Waals surface area contributed by atoms with E-state index in [1.54, 1.807) is 11.3 Å². The van der Waals surface area contributed by atoms with Crippen LogP contribution in [0, 0.1) is 0 Å². The first-order valence-electron chi connectivity index (χ1n) is 4.91. The van der Waals surface area contributed by atoms with Gasteiger partial charge in [-0.25, -0.2) is 10.9 Å². The van der Waals surface area contributed by atoms with Crippen LogP contribution in [-0.4, -0.2) is 4.98 Å². The average molecular weight is 222 g/mol. The van der Waals surface area contributed by atoms with Gasteiger partial charge in [-0.15, -0.1) is 11.3 Å². The summed E-state index contributed by atoms with van der Waals surface area (Å²) in [6, 6.07) is 6.13. The van der Waals surface area contributed by atoms with E-state index in [1.165, 1.54) is 9.71 Å². The van der Waals surface area contributed by atoms with E-state index in [0.717, 1.165) is 11.1 Å². The zero-order valence-corrected chi connectivity index (χ0v) is 9.67. The SMILES string of the molecule is CC(C)c1nc2cc(CON)ccc2s1. The van der Waals surface area contributed by atoms with Crippen LogP contribution in [0.5, 0.6) is 0 Å². The number of nitrogens with zero attached hydrogens (tertiary/aromatic N) is 1. The van der Waals surface area contributed by atoms with Crippen LogP contribution in [0.2, 0.25) is 0 Å². The third-order valence-corrected chi connectivity index (χ3v) is 3.55. The first-order chi connectivity index (χ1) is 7.20. The van der Waals surface area contributed by atoms with Crippen LogP contribution in [0.25, 0.3) is 10.2 Å². The Morgan fingerprint density at radius 2 is 2.27 bits per heavy atom. The monoisotopic (exact) mass is 222 g/mol. The van der Waals surface area contributed by atoms with Crippen molar-refractivity contribution in [1.29, 1.82) is 0 Å². The molecule has 0 atom stereocenters. The number of thiazole rings is 1. The van der Waals surface area contributed by atoms with Gasteiger partial charge in [-0.3, -0.25) is 4.84 Å². The molecule has 0 saturated heterocycles. The smallest absolute Gasteiger partial charge is 0.0963 e. The number of benzene rings is 1. The molecule has 0 aliphatic carbocycles. The first-order valence-corrected chi connectivity index (χ1v) is 5.73. The van der Waals surface area contributed by atoms with Crippen molar-refractivity contribution in [2.75, 3.05) is 0 Å². The molecule has 1 heterocycles. The zero-order valence-electron chi connectivity index (χ0n) is 8.86. The summed E-state index contributed by atoms with van der Waals surface area (Å²) in [4.78, 5) is 9.18. The highest BCUT2D eigenvalue weighted by molar-refractivity contribution is 7.18. The Kier molecular flexibility index (Phi) is 3.00. The molecule has 0 unspecified atom stereocenters. The van der Waals surface area contributed by atoms with Gasteiger partial charge in [0.1, 0.15) is 0 Å². The lowest BCUT2D eigenvalue weighted by atomic mass is 10.2. The minimum absolute atomic E-state index is 0.435. The summed E-state index contributed by atoms with van der Waals surface area (Å²) in [5, 5.41) is 1.18. The van der Waals surface area contributed by atoms with Crippen LogP contribution in [0.4, 0.5) is 0 Å². The summed E-state index contributed by atoms with van der Waals surface area (Å²) in [5.41, 5.74) is 2.10. The molecule has 0 radical (unpaired) electrons. The van der Waals surface area contributed by atoms with Crippen LogP contribution in [0.3, 0.4) is 0 Å². The molecule has 0 spiro atoms. The van der Waals surface area contributed by atoms with Gasteiger partial charge in [-0.2, -0.15) is 0 Å². The minimum atomic E-state index is 0.435. The molecule has 0 saturated carbocycles. The third-order valence-electron chi connectivity index (χ3n) is 2.21. The highest BCUT2D eigenvalue weighted by Gasteiger charge is 2.07. The topological polar surface area (TPSA) is 48.1 Å². The predicted octanol–water partition coefficient (Wildman–Crippen LogP) is 2.81. The van der Waals surface area contributed by atoms with Gasteiger partial charge in [-0.05, 0) is 17.7 Å². The minimum Gasteiger partial charge on any atom is -0.300 e. The van der Waals surface area contributed by atoms with Crippen LogP contribution in [-0.2, 0) is 11.4 Å². The second kappa shape index (κ2) is 4.26. The van der Waals surface area contributed by atoms with Crippen molar-refractivity contribution >= 4 is 21.6 Å². The van der Waals surface area contributed by atoms with Crippen molar-refractivity contribution in [3.63, 3.8) is 0 Å². The molecule has 2 rings (SSSR count). The molecule has 1 aromatic heterocycles. The standard InChI is InChI=1S/C11H14N2OS/c1-7(2)11-13-9-5-8(6-14-12)3-4-10(9)15-11/h3-5,7H,6,12H2,1-2H3. The molecular formula is C11H14N2OS. The van der Waals surface area contributed by atoms with Gasteiger partial charge in [-0.1, -0.05) is 19.9 Å². The Morgan fingerprint density at radius 1 is 1.47 bits per heavy atom. The number of hydrogen-bond donors (Lipinski definition) is 1. The summed E-state index contributed by atoms with van der Waals surface area (Å²) in [6.07, 6.45) is 0. The van der Waals surface area contributed by atoms with E-state index in [1.807, 2.05) is 12.1 Å². The summed E-state index contributed by atoms with van der Waals surface area (Å²) in [6.45, 7) is 4.74. The molecule has 4 heteroatoms. The first kappa shape index (κ1) is 10.5. The number of rotatable bonds is 3. The Hall–Kier alpha value is -0.970. The Morgan fingerprint density at radius 3 is 2.93 bits per heavy atom. The van der Waals surface area contributed by atoms with Gasteiger partial charge in [0.2, 0.25) is 0 Å². The molecule has 2 N–H and O–H groups in total. The van der Waals surface area contributed by atoms with Crippen molar-refractivity contribution in [3.05, 3.63) is 28.8 Å². The van der Waals surface area contributed by atoms with Crippen molar-refractivity contribution < 1.29 is 4.84 Å². The van der Waals surface area contributed by atoms with Gasteiger partial charge in [0.05, 0.1) is 21.8 Å². The molecule has 1 aromatic carbocycles. The fraction of sp³-hybridized carbons (Fsp3) is 0.364. The quantitative estimate of drug-likeness (QED) is 0.812. The molecule has 0 bridgehead atoms. The fourth-order valence-corrected chi connectivity index (χ4v) is 2.37. The molecule has 80 valence electrons. The van der Waals surface area contributed by atoms with E-state index >= 15 is 0 Å². The van der Waals surface area contributed by atoms with Crippen LogP contribution < -0.4 is 5.90 Å². The zero-order chi connectivity index (χ0) is 10.8. The summed E-state index contributed by atoms with van der Waals surface area (Å²) >= 11 is 1.75. The second-order valence-corrected chi connectivity index (χ2v) is 4.88. The lowest BCUT2D eigenvalue weighted by Crippen LogP contribution is -1.98. The summed E-state index contributed by atoms with van der Waals surface area (Å²) < 4.78 is 1.22. The Bertz CT molecular complexity index is 465. The van der Waals surface area contributed by atoms with E-state index in [4.69, 9.17) is 5.90 Å². The molecular weight excluding hydrogens is 208 g/mol. The third kappa shape index (κ3) is 2.17. The average Bonchev–Trinajstić information content (AvgIpc) is 2.61. The maximum absolute atomic E-state index is 5.04. The van der Waals surface area contributed by atoms with Crippen LogP contribution in [0.15, 0.2) is 18.2 Å². The largest absolute Gasteiger partial charge is 0.300 e. The Labute approximate surface area is 92.8 Å². The van der Waals surface area contributed by atoms with Crippen LogP contribution >= 0.6 is 11.3 Å². The predicted molar refractivity (Wildman–Crippen MR) is 62.7 cm³/mol. The van der Waals surface area contributed by atoms with E-state index < -0.39 is 0 Å². The normalized spacial score (nSPS) is 11.5. The van der Waals surface area contributed by atoms with Crippen molar-refractivity contribution in [2.45, 2.75) is 26.4 Å². The van der Waals surface area contributed by atoms with E-state index in [2.05, 4.69) is 29.7 Å². The summed E-state index contributed by atoms with van der Waals surface area (Å²) in [5.74, 6) is 5.52.